The van der Waals surface area contributed by atoms with E-state index in [9.17, 15) is 4.79 Å². The number of aromatic nitrogens is 3. The minimum absolute atomic E-state index is 0.118. The molecule has 1 N–H and O–H groups in total. The zero-order valence-corrected chi connectivity index (χ0v) is 18.8. The molecule has 0 aliphatic heterocycles. The average Bonchev–Trinajstić information content (AvgIpc) is 3.12. The van der Waals surface area contributed by atoms with Crippen LogP contribution in [0.4, 0.5) is 5.69 Å². The number of carbonyl (C=O) groups excluding carboxylic acids is 1. The van der Waals surface area contributed by atoms with Gasteiger partial charge in [0.25, 0.3) is 0 Å². The van der Waals surface area contributed by atoms with Crippen molar-refractivity contribution in [3.05, 3.63) is 76.5 Å². The Labute approximate surface area is 193 Å². The first-order valence-corrected chi connectivity index (χ1v) is 11.1. The predicted octanol–water partition coefficient (Wildman–Crippen LogP) is 5.58. The van der Waals surface area contributed by atoms with Crippen LogP contribution in [0, 0.1) is 0 Å². The normalized spacial score (nSPS) is 10.9. The smallest absolute Gasteiger partial charge is 0.234 e. The first-order valence-electron chi connectivity index (χ1n) is 9.38. The van der Waals surface area contributed by atoms with Crippen LogP contribution in [-0.4, -0.2) is 26.4 Å². The van der Waals surface area contributed by atoms with Gasteiger partial charge in [-0.05, 0) is 23.6 Å². The van der Waals surface area contributed by atoms with Gasteiger partial charge in [-0.1, -0.05) is 71.4 Å². The molecule has 0 aliphatic carbocycles. The summed E-state index contributed by atoms with van der Waals surface area (Å²) in [6.07, 6.45) is 0. The van der Waals surface area contributed by atoms with Gasteiger partial charge in [-0.3, -0.25) is 4.79 Å². The largest absolute Gasteiger partial charge is 0.484 e. The molecule has 0 bridgehead atoms. The molecule has 3 aromatic carbocycles. The number of thioether (sulfide) groups is 1. The van der Waals surface area contributed by atoms with E-state index < -0.39 is 0 Å². The number of fused-ring (bicyclic) bond motifs is 1. The van der Waals surface area contributed by atoms with E-state index in [1.54, 1.807) is 22.8 Å². The molecule has 0 fully saturated rings. The summed E-state index contributed by atoms with van der Waals surface area (Å²) in [6.45, 7) is 0.173. The summed E-state index contributed by atoms with van der Waals surface area (Å²) in [5, 5.41) is 15.0. The number of amides is 1. The quantitative estimate of drug-likeness (QED) is 0.355. The molecular formula is C22H18Cl2N4O2S. The lowest BCUT2D eigenvalue weighted by atomic mass is 10.1. The lowest BCUT2D eigenvalue weighted by Gasteiger charge is -2.09. The molecule has 0 spiro atoms. The lowest BCUT2D eigenvalue weighted by Crippen LogP contribution is -2.14. The fourth-order valence-corrected chi connectivity index (χ4v) is 4.04. The number of hydrogen-bond acceptors (Lipinski definition) is 5. The second-order valence-electron chi connectivity index (χ2n) is 6.68. The second kappa shape index (κ2) is 9.60. The van der Waals surface area contributed by atoms with Crippen molar-refractivity contribution in [2.75, 3.05) is 11.1 Å². The predicted molar refractivity (Wildman–Crippen MR) is 125 cm³/mol. The minimum atomic E-state index is -0.118. The summed E-state index contributed by atoms with van der Waals surface area (Å²) in [7, 11) is 1.82. The van der Waals surface area contributed by atoms with Gasteiger partial charge in [-0.2, -0.15) is 0 Å². The SMILES string of the molecule is Cn1c(COc2cc(Cl)ccc2Cl)nnc1SCC(=O)Nc1cccc2ccccc12. The van der Waals surface area contributed by atoms with Gasteiger partial charge in [0.05, 0.1) is 10.8 Å². The highest BCUT2D eigenvalue weighted by Gasteiger charge is 2.13. The van der Waals surface area contributed by atoms with Crippen LogP contribution in [0.15, 0.2) is 65.8 Å². The van der Waals surface area contributed by atoms with Gasteiger partial charge in [0, 0.05) is 29.2 Å². The van der Waals surface area contributed by atoms with Crippen molar-refractivity contribution in [1.82, 2.24) is 14.8 Å². The van der Waals surface area contributed by atoms with Crippen LogP contribution in [0.5, 0.6) is 5.75 Å². The van der Waals surface area contributed by atoms with E-state index in [-0.39, 0.29) is 18.3 Å². The molecule has 1 aromatic heterocycles. The minimum Gasteiger partial charge on any atom is -0.484 e. The molecule has 0 unspecified atom stereocenters. The van der Waals surface area contributed by atoms with E-state index in [0.717, 1.165) is 16.5 Å². The number of anilines is 1. The highest BCUT2D eigenvalue weighted by Crippen LogP contribution is 2.28. The molecular weight excluding hydrogens is 455 g/mol. The summed E-state index contributed by atoms with van der Waals surface area (Å²) < 4.78 is 7.50. The van der Waals surface area contributed by atoms with Crippen molar-refractivity contribution in [2.24, 2.45) is 7.05 Å². The Morgan fingerprint density at radius 2 is 1.90 bits per heavy atom. The number of hydrogen-bond donors (Lipinski definition) is 1. The molecule has 6 nitrogen and oxygen atoms in total. The molecule has 0 saturated heterocycles. The highest BCUT2D eigenvalue weighted by atomic mass is 35.5. The van der Waals surface area contributed by atoms with E-state index >= 15 is 0 Å². The van der Waals surface area contributed by atoms with Crippen molar-refractivity contribution in [3.63, 3.8) is 0 Å². The molecule has 4 rings (SSSR count). The van der Waals surface area contributed by atoms with Crippen LogP contribution in [0.3, 0.4) is 0 Å². The Balaban J connectivity index is 1.36. The zero-order chi connectivity index (χ0) is 21.8. The molecule has 31 heavy (non-hydrogen) atoms. The van der Waals surface area contributed by atoms with Crippen LogP contribution in [0.1, 0.15) is 5.82 Å². The summed E-state index contributed by atoms with van der Waals surface area (Å²) in [6, 6.07) is 18.8. The maximum atomic E-state index is 12.5. The van der Waals surface area contributed by atoms with Gasteiger partial charge in [0.1, 0.15) is 12.4 Å². The zero-order valence-electron chi connectivity index (χ0n) is 16.5. The van der Waals surface area contributed by atoms with Gasteiger partial charge in [-0.25, -0.2) is 0 Å². The fourth-order valence-electron chi connectivity index (χ4n) is 2.98. The van der Waals surface area contributed by atoms with Gasteiger partial charge >= 0.3 is 0 Å². The Morgan fingerprint density at radius 1 is 1.10 bits per heavy atom. The van der Waals surface area contributed by atoms with E-state index in [0.29, 0.717) is 26.8 Å². The molecule has 4 aromatic rings. The van der Waals surface area contributed by atoms with Gasteiger partial charge in [-0.15, -0.1) is 10.2 Å². The van der Waals surface area contributed by atoms with Gasteiger partial charge < -0.3 is 14.6 Å². The fraction of sp³-hybridized carbons (Fsp3) is 0.136. The molecule has 1 heterocycles. The molecule has 158 valence electrons. The molecule has 9 heteroatoms. The number of carbonyl (C=O) groups is 1. The van der Waals surface area contributed by atoms with Crippen LogP contribution in [0.2, 0.25) is 10.0 Å². The molecule has 0 saturated carbocycles. The van der Waals surface area contributed by atoms with E-state index in [4.69, 9.17) is 27.9 Å². The topological polar surface area (TPSA) is 69.0 Å². The van der Waals surface area contributed by atoms with Crippen LogP contribution >= 0.6 is 35.0 Å². The lowest BCUT2D eigenvalue weighted by molar-refractivity contribution is -0.113. The van der Waals surface area contributed by atoms with Gasteiger partial charge in [0.15, 0.2) is 11.0 Å². The van der Waals surface area contributed by atoms with Gasteiger partial charge in [0.2, 0.25) is 5.91 Å². The first-order chi connectivity index (χ1) is 15.0. The second-order valence-corrected chi connectivity index (χ2v) is 8.47. The van der Waals surface area contributed by atoms with Crippen molar-refractivity contribution >= 4 is 57.3 Å². The van der Waals surface area contributed by atoms with Crippen molar-refractivity contribution in [3.8, 4) is 5.75 Å². The van der Waals surface area contributed by atoms with E-state index in [1.165, 1.54) is 11.8 Å². The van der Waals surface area contributed by atoms with Crippen molar-refractivity contribution < 1.29 is 9.53 Å². The number of benzene rings is 3. The average molecular weight is 473 g/mol. The van der Waals surface area contributed by atoms with Crippen molar-refractivity contribution in [1.29, 1.82) is 0 Å². The maximum absolute atomic E-state index is 12.5. The van der Waals surface area contributed by atoms with Crippen LogP contribution in [-0.2, 0) is 18.4 Å². The third-order valence-corrected chi connectivity index (χ3v) is 6.14. The van der Waals surface area contributed by atoms with E-state index in [2.05, 4.69) is 15.5 Å². The van der Waals surface area contributed by atoms with E-state index in [1.807, 2.05) is 49.5 Å². The monoisotopic (exact) mass is 472 g/mol. The highest BCUT2D eigenvalue weighted by molar-refractivity contribution is 7.99. The molecule has 0 radical (unpaired) electrons. The molecule has 0 aliphatic rings. The number of ether oxygens (including phenoxy) is 1. The Bertz CT molecular complexity index is 1240. The summed E-state index contributed by atoms with van der Waals surface area (Å²) in [5.41, 5.74) is 0.786. The number of nitrogens with one attached hydrogen (secondary N) is 1. The number of rotatable bonds is 7. The Kier molecular flexibility index (Phi) is 6.65. The molecule has 1 amide bonds. The number of halogens is 2. The van der Waals surface area contributed by atoms with Crippen LogP contribution in [0.25, 0.3) is 10.8 Å². The van der Waals surface area contributed by atoms with Crippen molar-refractivity contribution in [2.45, 2.75) is 11.8 Å². The standard InChI is InChI=1S/C22H18Cl2N4O2S/c1-28-20(12-30-19-11-15(23)9-10-17(19)24)26-27-22(28)31-13-21(29)25-18-8-4-6-14-5-2-3-7-16(14)18/h2-11H,12-13H2,1H3,(H,25,29). The Morgan fingerprint density at radius 3 is 2.77 bits per heavy atom. The number of nitrogens with zero attached hydrogens (tertiary/aromatic N) is 3. The summed E-state index contributed by atoms with van der Waals surface area (Å²) in [4.78, 5) is 12.5. The van der Waals surface area contributed by atoms with Crippen LogP contribution < -0.4 is 10.1 Å². The molecule has 0 atom stereocenters. The third kappa shape index (κ3) is 5.12. The maximum Gasteiger partial charge on any atom is 0.234 e. The third-order valence-electron chi connectivity index (χ3n) is 4.57. The summed E-state index contributed by atoms with van der Waals surface area (Å²) >= 11 is 13.4. The first kappa shape index (κ1) is 21.5. The summed E-state index contributed by atoms with van der Waals surface area (Å²) in [5.74, 6) is 1.16. The Hall–Kier alpha value is -2.74.